The Balaban J connectivity index is 2.68. The highest BCUT2D eigenvalue weighted by molar-refractivity contribution is 14.1. The van der Waals surface area contributed by atoms with Crippen LogP contribution in [0.4, 0.5) is 0 Å². The van der Waals surface area contributed by atoms with E-state index < -0.39 is 0 Å². The lowest BCUT2D eigenvalue weighted by molar-refractivity contribution is 0.0965. The van der Waals surface area contributed by atoms with Crippen LogP contribution in [0.5, 0.6) is 0 Å². The number of amides is 1. The molecule has 2 nitrogen and oxygen atoms in total. The molecule has 0 saturated carbocycles. The van der Waals surface area contributed by atoms with Gasteiger partial charge in [0.1, 0.15) is 0 Å². The molecule has 0 unspecified atom stereocenters. The zero-order valence-electron chi connectivity index (χ0n) is 6.03. The first-order chi connectivity index (χ1) is 5.68. The number of halogens is 2. The summed E-state index contributed by atoms with van der Waals surface area (Å²) in [5.74, 6) is 0.00562. The molecule has 0 saturated heterocycles. The van der Waals surface area contributed by atoms with Crippen LogP contribution in [0.1, 0.15) is 15.9 Å². The van der Waals surface area contributed by atoms with Gasteiger partial charge in [-0.15, -0.1) is 0 Å². The van der Waals surface area contributed by atoms with Gasteiger partial charge in [0.25, 0.3) is 5.91 Å². The fourth-order valence-electron chi connectivity index (χ4n) is 1.28. The van der Waals surface area contributed by atoms with Crippen molar-refractivity contribution in [2.45, 2.75) is 6.54 Å². The Labute approximate surface area is 88.4 Å². The summed E-state index contributed by atoms with van der Waals surface area (Å²) in [7, 11) is 0. The summed E-state index contributed by atoms with van der Waals surface area (Å²) in [6.45, 7) is 0.602. The van der Waals surface area contributed by atoms with E-state index in [4.69, 9.17) is 11.6 Å². The summed E-state index contributed by atoms with van der Waals surface area (Å²) >= 11 is 7.95. The highest BCUT2D eigenvalue weighted by Gasteiger charge is 2.21. The summed E-state index contributed by atoms with van der Waals surface area (Å²) in [5.41, 5.74) is 1.77. The zero-order valence-corrected chi connectivity index (χ0v) is 8.94. The van der Waals surface area contributed by atoms with Crippen molar-refractivity contribution in [1.29, 1.82) is 0 Å². The SMILES string of the molecule is O=C1NCc2cc(Cl)cc(I)c21. The molecule has 0 fully saturated rings. The lowest BCUT2D eigenvalue weighted by Gasteiger charge is -1.99. The molecule has 0 bridgehead atoms. The van der Waals surface area contributed by atoms with Gasteiger partial charge in [0.05, 0.1) is 5.56 Å². The van der Waals surface area contributed by atoms with Crippen molar-refractivity contribution in [3.63, 3.8) is 0 Å². The highest BCUT2D eigenvalue weighted by atomic mass is 127. The van der Waals surface area contributed by atoms with Crippen molar-refractivity contribution in [2.24, 2.45) is 0 Å². The summed E-state index contributed by atoms with van der Waals surface area (Å²) in [6, 6.07) is 3.63. The van der Waals surface area contributed by atoms with Gasteiger partial charge in [0.2, 0.25) is 0 Å². The Kier molecular flexibility index (Phi) is 2.00. The van der Waals surface area contributed by atoms with E-state index >= 15 is 0 Å². The molecule has 1 N–H and O–H groups in total. The molecule has 1 aliphatic rings. The van der Waals surface area contributed by atoms with E-state index in [1.807, 2.05) is 6.07 Å². The van der Waals surface area contributed by atoms with Crippen molar-refractivity contribution < 1.29 is 4.79 Å². The molecule has 62 valence electrons. The quantitative estimate of drug-likeness (QED) is 0.730. The number of fused-ring (bicyclic) bond motifs is 1. The summed E-state index contributed by atoms with van der Waals surface area (Å²) in [4.78, 5) is 11.2. The minimum atomic E-state index is 0.00562. The number of hydrogen-bond acceptors (Lipinski definition) is 1. The van der Waals surface area contributed by atoms with Crippen LogP contribution < -0.4 is 5.32 Å². The predicted molar refractivity (Wildman–Crippen MR) is 55.3 cm³/mol. The standard InChI is InChI=1S/C8H5ClINO/c9-5-1-4-3-11-8(12)7(4)6(10)2-5/h1-2H,3H2,(H,11,12). The van der Waals surface area contributed by atoms with E-state index in [0.717, 1.165) is 14.7 Å². The molecule has 1 aromatic carbocycles. The number of carbonyl (C=O) groups is 1. The first kappa shape index (κ1) is 8.31. The van der Waals surface area contributed by atoms with Gasteiger partial charge in [-0.2, -0.15) is 0 Å². The first-order valence-corrected chi connectivity index (χ1v) is 4.90. The van der Waals surface area contributed by atoms with Crippen LogP contribution in [0.2, 0.25) is 5.02 Å². The minimum absolute atomic E-state index is 0.00562. The maximum Gasteiger partial charge on any atom is 0.252 e. The topological polar surface area (TPSA) is 29.1 Å². The van der Waals surface area contributed by atoms with Crippen LogP contribution in [-0.4, -0.2) is 5.91 Å². The van der Waals surface area contributed by atoms with Crippen LogP contribution in [0.25, 0.3) is 0 Å². The van der Waals surface area contributed by atoms with E-state index in [-0.39, 0.29) is 5.91 Å². The van der Waals surface area contributed by atoms with Gasteiger partial charge in [-0.1, -0.05) is 11.6 Å². The second-order valence-corrected chi connectivity index (χ2v) is 4.20. The van der Waals surface area contributed by atoms with Crippen molar-refractivity contribution >= 4 is 40.1 Å². The smallest absolute Gasteiger partial charge is 0.252 e. The molecule has 1 amide bonds. The van der Waals surface area contributed by atoms with E-state index in [0.29, 0.717) is 11.6 Å². The monoisotopic (exact) mass is 293 g/mol. The number of nitrogens with one attached hydrogen (secondary N) is 1. The molecule has 4 heteroatoms. The predicted octanol–water partition coefficient (Wildman–Crippen LogP) is 2.19. The number of rotatable bonds is 0. The van der Waals surface area contributed by atoms with Crippen molar-refractivity contribution in [3.05, 3.63) is 31.9 Å². The summed E-state index contributed by atoms with van der Waals surface area (Å²) in [6.07, 6.45) is 0. The molecule has 1 aliphatic heterocycles. The molecular formula is C8H5ClINO. The zero-order chi connectivity index (χ0) is 8.72. The first-order valence-electron chi connectivity index (χ1n) is 3.44. The maximum absolute atomic E-state index is 11.2. The van der Waals surface area contributed by atoms with Gasteiger partial charge in [-0.05, 0) is 40.3 Å². The normalized spacial score (nSPS) is 14.3. The third kappa shape index (κ3) is 1.21. The second kappa shape index (κ2) is 2.88. The molecule has 0 atom stereocenters. The van der Waals surface area contributed by atoms with Gasteiger partial charge in [-0.3, -0.25) is 4.79 Å². The van der Waals surface area contributed by atoms with Crippen molar-refractivity contribution in [1.82, 2.24) is 5.32 Å². The maximum atomic E-state index is 11.2. The van der Waals surface area contributed by atoms with E-state index in [2.05, 4.69) is 27.9 Å². The molecule has 1 heterocycles. The second-order valence-electron chi connectivity index (χ2n) is 2.60. The number of hydrogen-bond donors (Lipinski definition) is 1. The van der Waals surface area contributed by atoms with Crippen molar-refractivity contribution in [2.75, 3.05) is 0 Å². The molecule has 0 spiro atoms. The number of carbonyl (C=O) groups excluding carboxylic acids is 1. The average molecular weight is 293 g/mol. The third-order valence-corrected chi connectivity index (χ3v) is 2.87. The van der Waals surface area contributed by atoms with Crippen LogP contribution in [0, 0.1) is 3.57 Å². The van der Waals surface area contributed by atoms with Crippen molar-refractivity contribution in [3.8, 4) is 0 Å². The number of benzene rings is 1. The average Bonchev–Trinajstić information content (AvgIpc) is 2.31. The van der Waals surface area contributed by atoms with Gasteiger partial charge in [0, 0.05) is 15.1 Å². The lowest BCUT2D eigenvalue weighted by atomic mass is 10.1. The molecule has 0 aromatic heterocycles. The van der Waals surface area contributed by atoms with Gasteiger partial charge >= 0.3 is 0 Å². The Morgan fingerprint density at radius 3 is 3.00 bits per heavy atom. The summed E-state index contributed by atoms with van der Waals surface area (Å²) < 4.78 is 0.921. The van der Waals surface area contributed by atoms with E-state index in [1.54, 1.807) is 6.07 Å². The Morgan fingerprint density at radius 1 is 1.50 bits per heavy atom. The van der Waals surface area contributed by atoms with Crippen LogP contribution in [-0.2, 0) is 6.54 Å². The largest absolute Gasteiger partial charge is 0.348 e. The van der Waals surface area contributed by atoms with E-state index in [9.17, 15) is 4.79 Å². The molecule has 0 aliphatic carbocycles. The molecule has 2 rings (SSSR count). The summed E-state index contributed by atoms with van der Waals surface area (Å²) in [5, 5.41) is 3.44. The van der Waals surface area contributed by atoms with Gasteiger partial charge in [0.15, 0.2) is 0 Å². The minimum Gasteiger partial charge on any atom is -0.348 e. The highest BCUT2D eigenvalue weighted by Crippen LogP contribution is 2.25. The Bertz CT molecular complexity index is 364. The van der Waals surface area contributed by atoms with Gasteiger partial charge < -0.3 is 5.32 Å². The Hall–Kier alpha value is -0.290. The molecular weight excluding hydrogens is 288 g/mol. The van der Waals surface area contributed by atoms with E-state index in [1.165, 1.54) is 0 Å². The lowest BCUT2D eigenvalue weighted by Crippen LogP contribution is -2.13. The van der Waals surface area contributed by atoms with Crippen LogP contribution >= 0.6 is 34.2 Å². The van der Waals surface area contributed by atoms with Crippen LogP contribution in [0.15, 0.2) is 12.1 Å². The fraction of sp³-hybridized carbons (Fsp3) is 0.125. The van der Waals surface area contributed by atoms with Gasteiger partial charge in [-0.25, -0.2) is 0 Å². The molecule has 1 aromatic rings. The molecule has 12 heavy (non-hydrogen) atoms. The van der Waals surface area contributed by atoms with Crippen LogP contribution in [0.3, 0.4) is 0 Å². The third-order valence-electron chi connectivity index (χ3n) is 1.80. The fourth-order valence-corrected chi connectivity index (χ4v) is 2.64. The Morgan fingerprint density at radius 2 is 2.25 bits per heavy atom. The molecule has 0 radical (unpaired) electrons.